The van der Waals surface area contributed by atoms with Gasteiger partial charge in [0.05, 0.1) is 6.61 Å². The maximum atomic E-state index is 8.22. The van der Waals surface area contributed by atoms with Crippen molar-refractivity contribution in [1.29, 1.82) is 0 Å². The zero-order valence-electron chi connectivity index (χ0n) is 9.03. The first-order valence-corrected chi connectivity index (χ1v) is 4.38. The molecule has 0 radical (unpaired) electrons. The minimum absolute atomic E-state index is 0.134. The van der Waals surface area contributed by atoms with Crippen molar-refractivity contribution in [3.63, 3.8) is 0 Å². The van der Waals surface area contributed by atoms with Crippen molar-refractivity contribution in [2.45, 2.75) is 13.8 Å². The second kappa shape index (κ2) is 29.8. The fourth-order valence-electron chi connectivity index (χ4n) is 0.255. The van der Waals surface area contributed by atoms with Crippen LogP contribution in [0.2, 0.25) is 0 Å². The van der Waals surface area contributed by atoms with E-state index in [4.69, 9.17) is 16.6 Å². The lowest BCUT2D eigenvalue weighted by Crippen LogP contribution is -2.09. The van der Waals surface area contributed by atoms with Crippen molar-refractivity contribution in [3.8, 4) is 12.3 Å². The highest BCUT2D eigenvalue weighted by Crippen LogP contribution is 1.60. The molecule has 0 aromatic heterocycles. The average Bonchev–Trinajstić information content (AvgIpc) is 2.15. The highest BCUT2D eigenvalue weighted by Gasteiger charge is 1.70. The van der Waals surface area contributed by atoms with Crippen LogP contribution in [-0.4, -0.2) is 30.0 Å². The first kappa shape index (κ1) is 18.5. The van der Waals surface area contributed by atoms with Gasteiger partial charge in [0.2, 0.25) is 0 Å². The van der Waals surface area contributed by atoms with E-state index in [1.807, 2.05) is 6.92 Å². The van der Waals surface area contributed by atoms with E-state index >= 15 is 0 Å². The molecule has 0 spiro atoms. The van der Waals surface area contributed by atoms with Crippen molar-refractivity contribution >= 4 is 0 Å². The van der Waals surface area contributed by atoms with Gasteiger partial charge in [0.15, 0.2) is 0 Å². The van der Waals surface area contributed by atoms with E-state index < -0.39 is 0 Å². The third-order valence-corrected chi connectivity index (χ3v) is 0.554. The Kier molecular flexibility index (Phi) is 39.4. The van der Waals surface area contributed by atoms with E-state index in [0.29, 0.717) is 6.54 Å². The van der Waals surface area contributed by atoms with E-state index in [-0.39, 0.29) is 13.2 Å². The van der Waals surface area contributed by atoms with Crippen LogP contribution in [0.5, 0.6) is 0 Å². The van der Waals surface area contributed by atoms with Crippen LogP contribution in [0, 0.1) is 12.3 Å². The molecule has 82 valence electrons. The molecule has 0 aliphatic heterocycles. The molecule has 0 unspecified atom stereocenters. The lowest BCUT2D eigenvalue weighted by atomic mass is 10.6. The largest absolute Gasteiger partial charge is 0.397 e. The second-order valence-electron chi connectivity index (χ2n) is 1.90. The van der Waals surface area contributed by atoms with E-state index in [0.717, 1.165) is 0 Å². The third-order valence-electron chi connectivity index (χ3n) is 0.554. The van der Waals surface area contributed by atoms with Gasteiger partial charge in [-0.1, -0.05) is 12.0 Å². The number of nitrogens with one attached hydrogen (secondary N) is 1. The van der Waals surface area contributed by atoms with Crippen molar-refractivity contribution in [2.75, 3.05) is 19.8 Å². The molecule has 3 nitrogen and oxygen atoms in total. The summed E-state index contributed by atoms with van der Waals surface area (Å²) in [5, 5.41) is 18.5. The van der Waals surface area contributed by atoms with Crippen LogP contribution < -0.4 is 5.32 Å². The summed E-state index contributed by atoms with van der Waals surface area (Å²) in [6.07, 6.45) is 9.78. The number of terminal acetylenes is 1. The zero-order chi connectivity index (χ0) is 11.7. The molecule has 0 bridgehead atoms. The number of aliphatic hydroxyl groups is 2. The zero-order valence-corrected chi connectivity index (χ0v) is 9.03. The topological polar surface area (TPSA) is 52.5 Å². The van der Waals surface area contributed by atoms with Crippen molar-refractivity contribution in [3.05, 3.63) is 24.9 Å². The Hall–Kier alpha value is -1.24. The normalized spacial score (nSPS) is 7.36. The molecule has 0 saturated heterocycles. The Bertz CT molecular complexity index is 148. The third kappa shape index (κ3) is 72.5. The molecule has 0 amide bonds. The van der Waals surface area contributed by atoms with Crippen molar-refractivity contribution in [1.82, 2.24) is 5.32 Å². The smallest absolute Gasteiger partial charge is 0.0603 e. The standard InChI is InChI=1S/C6H9NO.C3H6.C2H6O/c1-2-3-4-7-5-6-8;1-3-2;1-2-3/h1,3-4,7-8H,5-6H2;3H,1H2,2H3;3H,2H2,1H3/b4-3+;;. The molecule has 14 heavy (non-hydrogen) atoms. The van der Waals surface area contributed by atoms with Gasteiger partial charge in [0.25, 0.3) is 0 Å². The predicted molar refractivity (Wildman–Crippen MR) is 61.7 cm³/mol. The minimum Gasteiger partial charge on any atom is -0.397 e. The lowest BCUT2D eigenvalue weighted by Gasteiger charge is -1.90. The molecule has 0 fully saturated rings. The van der Waals surface area contributed by atoms with Crippen LogP contribution in [0.3, 0.4) is 0 Å². The molecule has 3 heteroatoms. The molecular weight excluding hydrogens is 178 g/mol. The van der Waals surface area contributed by atoms with Crippen molar-refractivity contribution in [2.24, 2.45) is 0 Å². The van der Waals surface area contributed by atoms with Gasteiger partial charge in [0, 0.05) is 25.4 Å². The summed E-state index contributed by atoms with van der Waals surface area (Å²) in [4.78, 5) is 0. The molecule has 0 saturated carbocycles. The van der Waals surface area contributed by atoms with E-state index in [2.05, 4.69) is 17.8 Å². The van der Waals surface area contributed by atoms with Crippen LogP contribution in [0.25, 0.3) is 0 Å². The van der Waals surface area contributed by atoms with E-state index in [9.17, 15) is 0 Å². The fraction of sp³-hybridized carbons (Fsp3) is 0.455. The number of aliphatic hydroxyl groups excluding tert-OH is 2. The van der Waals surface area contributed by atoms with Gasteiger partial charge in [-0.15, -0.1) is 13.0 Å². The maximum Gasteiger partial charge on any atom is 0.0603 e. The summed E-state index contributed by atoms with van der Waals surface area (Å²) in [6, 6.07) is 0. The summed E-state index contributed by atoms with van der Waals surface area (Å²) < 4.78 is 0. The molecule has 0 rings (SSSR count). The lowest BCUT2D eigenvalue weighted by molar-refractivity contribution is 0.298. The highest BCUT2D eigenvalue weighted by molar-refractivity contribution is 5.07. The van der Waals surface area contributed by atoms with Gasteiger partial charge in [-0.2, -0.15) is 0 Å². The number of rotatable bonds is 3. The Labute approximate surface area is 87.2 Å². The van der Waals surface area contributed by atoms with Gasteiger partial charge in [-0.05, 0) is 13.8 Å². The molecule has 0 aliphatic carbocycles. The number of hydrogen-bond donors (Lipinski definition) is 3. The van der Waals surface area contributed by atoms with Crippen LogP contribution in [0.1, 0.15) is 13.8 Å². The Balaban J connectivity index is -0.000000168. The average molecular weight is 199 g/mol. The van der Waals surface area contributed by atoms with Gasteiger partial charge >= 0.3 is 0 Å². The maximum absolute atomic E-state index is 8.22. The molecule has 3 N–H and O–H groups in total. The predicted octanol–water partition coefficient (Wildman–Crippen LogP) is 0.906. The molecule has 0 aliphatic rings. The van der Waals surface area contributed by atoms with Crippen LogP contribution in [0.15, 0.2) is 24.9 Å². The van der Waals surface area contributed by atoms with Crippen LogP contribution >= 0.6 is 0 Å². The van der Waals surface area contributed by atoms with E-state index in [1.54, 1.807) is 19.2 Å². The summed E-state index contributed by atoms with van der Waals surface area (Å²) in [6.45, 7) is 7.87. The first-order chi connectivity index (χ1) is 6.74. The molecular formula is C11H21NO2. The molecule has 0 aromatic rings. The monoisotopic (exact) mass is 199 g/mol. The minimum atomic E-state index is 0.134. The summed E-state index contributed by atoms with van der Waals surface area (Å²) in [5.41, 5.74) is 0. The van der Waals surface area contributed by atoms with Crippen molar-refractivity contribution < 1.29 is 10.2 Å². The highest BCUT2D eigenvalue weighted by atomic mass is 16.3. The first-order valence-electron chi connectivity index (χ1n) is 4.38. The van der Waals surface area contributed by atoms with Gasteiger partial charge in [0.1, 0.15) is 0 Å². The van der Waals surface area contributed by atoms with Gasteiger partial charge in [-0.25, -0.2) is 0 Å². The molecule has 0 atom stereocenters. The number of allylic oxidation sites excluding steroid dienone is 2. The second-order valence-corrected chi connectivity index (χ2v) is 1.90. The Morgan fingerprint density at radius 3 is 2.21 bits per heavy atom. The van der Waals surface area contributed by atoms with E-state index in [1.165, 1.54) is 6.08 Å². The summed E-state index contributed by atoms with van der Waals surface area (Å²) in [5.74, 6) is 2.30. The Morgan fingerprint density at radius 2 is 1.93 bits per heavy atom. The van der Waals surface area contributed by atoms with Gasteiger partial charge < -0.3 is 15.5 Å². The summed E-state index contributed by atoms with van der Waals surface area (Å²) >= 11 is 0. The fourth-order valence-corrected chi connectivity index (χ4v) is 0.255. The molecule has 0 heterocycles. The molecule has 0 aromatic carbocycles. The quantitative estimate of drug-likeness (QED) is 0.360. The SMILES string of the molecule is C#C/C=C/NCCO.C=CC.CCO. The number of hydrogen-bond acceptors (Lipinski definition) is 3. The van der Waals surface area contributed by atoms with Gasteiger partial charge in [-0.3, -0.25) is 0 Å². The van der Waals surface area contributed by atoms with Crippen LogP contribution in [0.4, 0.5) is 0 Å². The van der Waals surface area contributed by atoms with Crippen LogP contribution in [-0.2, 0) is 0 Å². The Morgan fingerprint density at radius 1 is 1.50 bits per heavy atom. The summed E-state index contributed by atoms with van der Waals surface area (Å²) in [7, 11) is 0.